The van der Waals surface area contributed by atoms with Crippen LogP contribution >= 0.6 is 0 Å². The first-order chi connectivity index (χ1) is 14.6. The van der Waals surface area contributed by atoms with Crippen LogP contribution in [0.25, 0.3) is 0 Å². The van der Waals surface area contributed by atoms with Gasteiger partial charge in [-0.1, -0.05) is 45.1 Å². The SMILES string of the molecule is C=CCN(CC(=O)N(Cc1ccco1)C[C@H]1CCCO1)C(=O)CCCCCCCC. The lowest BCUT2D eigenvalue weighted by molar-refractivity contribution is -0.141. The Morgan fingerprint density at radius 2 is 1.97 bits per heavy atom. The number of hydrogen-bond donors (Lipinski definition) is 0. The van der Waals surface area contributed by atoms with Crippen molar-refractivity contribution in [3.8, 4) is 0 Å². The average molecular weight is 419 g/mol. The van der Waals surface area contributed by atoms with Crippen LogP contribution in [-0.2, 0) is 20.9 Å². The minimum Gasteiger partial charge on any atom is -0.467 e. The lowest BCUT2D eigenvalue weighted by Crippen LogP contribution is -2.45. The van der Waals surface area contributed by atoms with E-state index in [0.717, 1.165) is 38.1 Å². The van der Waals surface area contributed by atoms with Gasteiger partial charge in [-0.3, -0.25) is 9.59 Å². The summed E-state index contributed by atoms with van der Waals surface area (Å²) < 4.78 is 11.2. The van der Waals surface area contributed by atoms with E-state index in [4.69, 9.17) is 9.15 Å². The molecule has 2 amide bonds. The monoisotopic (exact) mass is 418 g/mol. The van der Waals surface area contributed by atoms with Gasteiger partial charge in [-0.25, -0.2) is 0 Å². The summed E-state index contributed by atoms with van der Waals surface area (Å²) in [5.41, 5.74) is 0. The summed E-state index contributed by atoms with van der Waals surface area (Å²) >= 11 is 0. The smallest absolute Gasteiger partial charge is 0.242 e. The van der Waals surface area contributed by atoms with E-state index < -0.39 is 0 Å². The van der Waals surface area contributed by atoms with Gasteiger partial charge in [0.05, 0.1) is 18.9 Å². The van der Waals surface area contributed by atoms with Crippen LogP contribution in [0.4, 0.5) is 0 Å². The molecule has 0 unspecified atom stereocenters. The maximum Gasteiger partial charge on any atom is 0.242 e. The van der Waals surface area contributed by atoms with Gasteiger partial charge in [0.2, 0.25) is 11.8 Å². The molecule has 0 aliphatic carbocycles. The van der Waals surface area contributed by atoms with Crippen molar-refractivity contribution in [3.05, 3.63) is 36.8 Å². The Bertz CT molecular complexity index is 623. The number of hydrogen-bond acceptors (Lipinski definition) is 4. The van der Waals surface area contributed by atoms with Crippen LogP contribution < -0.4 is 0 Å². The third kappa shape index (κ3) is 8.74. The molecule has 0 aromatic carbocycles. The van der Waals surface area contributed by atoms with E-state index in [2.05, 4.69) is 13.5 Å². The molecule has 6 heteroatoms. The van der Waals surface area contributed by atoms with Crippen LogP contribution in [0.5, 0.6) is 0 Å². The van der Waals surface area contributed by atoms with Gasteiger partial charge in [-0.05, 0) is 31.4 Å². The summed E-state index contributed by atoms with van der Waals surface area (Å²) in [7, 11) is 0. The Labute approximate surface area is 181 Å². The van der Waals surface area contributed by atoms with Crippen molar-refractivity contribution in [2.24, 2.45) is 0 Å². The van der Waals surface area contributed by atoms with Gasteiger partial charge in [0.15, 0.2) is 0 Å². The Morgan fingerprint density at radius 1 is 1.17 bits per heavy atom. The highest BCUT2D eigenvalue weighted by Crippen LogP contribution is 2.16. The quantitative estimate of drug-likeness (QED) is 0.310. The molecular weight excluding hydrogens is 380 g/mol. The van der Waals surface area contributed by atoms with Gasteiger partial charge in [0.25, 0.3) is 0 Å². The van der Waals surface area contributed by atoms with Crippen molar-refractivity contribution in [2.75, 3.05) is 26.2 Å². The second-order valence-corrected chi connectivity index (χ2v) is 8.07. The molecule has 1 atom stereocenters. The largest absolute Gasteiger partial charge is 0.467 e. The normalized spacial score (nSPS) is 15.8. The first-order valence-electron chi connectivity index (χ1n) is 11.4. The summed E-state index contributed by atoms with van der Waals surface area (Å²) in [6.45, 7) is 8.05. The molecule has 0 saturated carbocycles. The fourth-order valence-electron chi connectivity index (χ4n) is 3.77. The van der Waals surface area contributed by atoms with Crippen molar-refractivity contribution in [3.63, 3.8) is 0 Å². The highest BCUT2D eigenvalue weighted by molar-refractivity contribution is 5.85. The summed E-state index contributed by atoms with van der Waals surface area (Å²) in [6.07, 6.45) is 12.6. The minimum atomic E-state index is -0.0833. The Hall–Kier alpha value is -2.08. The predicted molar refractivity (Wildman–Crippen MR) is 118 cm³/mol. The third-order valence-electron chi connectivity index (χ3n) is 5.50. The first kappa shape index (κ1) is 24.2. The minimum absolute atomic E-state index is 0.0220. The van der Waals surface area contributed by atoms with Crippen molar-refractivity contribution in [1.29, 1.82) is 0 Å². The molecule has 2 heterocycles. The second kappa shape index (κ2) is 14.0. The molecule has 1 aliphatic rings. The lowest BCUT2D eigenvalue weighted by atomic mass is 10.1. The van der Waals surface area contributed by atoms with E-state index in [1.54, 1.807) is 22.1 Å². The van der Waals surface area contributed by atoms with Crippen LogP contribution in [0.3, 0.4) is 0 Å². The number of carbonyl (C=O) groups excluding carboxylic acids is 2. The molecule has 1 fully saturated rings. The van der Waals surface area contributed by atoms with Crippen molar-refractivity contribution in [1.82, 2.24) is 9.80 Å². The van der Waals surface area contributed by atoms with Gasteiger partial charge in [-0.2, -0.15) is 0 Å². The van der Waals surface area contributed by atoms with E-state index in [1.807, 2.05) is 12.1 Å². The number of nitrogens with zero attached hydrogens (tertiary/aromatic N) is 2. The topological polar surface area (TPSA) is 63.0 Å². The Balaban J connectivity index is 1.89. The zero-order valence-corrected chi connectivity index (χ0v) is 18.5. The molecule has 1 aromatic heterocycles. The Morgan fingerprint density at radius 3 is 2.63 bits per heavy atom. The number of carbonyl (C=O) groups is 2. The molecule has 30 heavy (non-hydrogen) atoms. The fraction of sp³-hybridized carbons (Fsp3) is 0.667. The van der Waals surface area contributed by atoms with Crippen LogP contribution in [0.15, 0.2) is 35.5 Å². The molecule has 1 aromatic rings. The summed E-state index contributed by atoms with van der Waals surface area (Å²) in [5, 5.41) is 0. The molecule has 0 bridgehead atoms. The van der Waals surface area contributed by atoms with E-state index in [-0.39, 0.29) is 24.5 Å². The molecule has 168 valence electrons. The Kier molecular flexibility index (Phi) is 11.3. The zero-order valence-electron chi connectivity index (χ0n) is 18.5. The van der Waals surface area contributed by atoms with E-state index >= 15 is 0 Å². The first-order valence-corrected chi connectivity index (χ1v) is 11.4. The highest BCUT2D eigenvalue weighted by Gasteiger charge is 2.25. The summed E-state index contributed by atoms with van der Waals surface area (Å²) in [6, 6.07) is 3.68. The highest BCUT2D eigenvalue weighted by atomic mass is 16.5. The van der Waals surface area contributed by atoms with Gasteiger partial charge >= 0.3 is 0 Å². The molecule has 1 saturated heterocycles. The van der Waals surface area contributed by atoms with Crippen LogP contribution in [0.2, 0.25) is 0 Å². The van der Waals surface area contributed by atoms with Gasteiger partial charge < -0.3 is 19.0 Å². The molecular formula is C24H38N2O4. The maximum atomic E-state index is 13.1. The number of rotatable bonds is 15. The average Bonchev–Trinajstić information content (AvgIpc) is 3.44. The number of unbranched alkanes of at least 4 members (excludes halogenated alkanes) is 5. The fourth-order valence-corrected chi connectivity index (χ4v) is 3.77. The second-order valence-electron chi connectivity index (χ2n) is 8.07. The number of furan rings is 1. The number of ether oxygens (including phenoxy) is 1. The van der Waals surface area contributed by atoms with Crippen LogP contribution in [0, 0.1) is 0 Å². The number of amides is 2. The standard InChI is InChI=1S/C24H38N2O4/c1-3-5-6-7-8-9-14-23(27)25(15-4-2)20-24(28)26(18-21-12-10-16-29-21)19-22-13-11-17-30-22/h4,10,12,16,22H,2-3,5-9,11,13-15,17-20H2,1H3/t22-/m1/s1. The molecule has 0 N–H and O–H groups in total. The predicted octanol–water partition coefficient (Wildman–Crippen LogP) is 4.55. The van der Waals surface area contributed by atoms with Crippen molar-refractivity contribution >= 4 is 11.8 Å². The molecule has 1 aliphatic heterocycles. The van der Waals surface area contributed by atoms with Crippen molar-refractivity contribution < 1.29 is 18.7 Å². The van der Waals surface area contributed by atoms with Gasteiger partial charge in [-0.15, -0.1) is 6.58 Å². The summed E-state index contributed by atoms with van der Waals surface area (Å²) in [4.78, 5) is 29.2. The molecule has 6 nitrogen and oxygen atoms in total. The molecule has 2 rings (SSSR count). The third-order valence-corrected chi connectivity index (χ3v) is 5.50. The van der Waals surface area contributed by atoms with Crippen LogP contribution in [0.1, 0.15) is 70.5 Å². The molecule has 0 spiro atoms. The van der Waals surface area contributed by atoms with Crippen LogP contribution in [-0.4, -0.2) is 54.0 Å². The van der Waals surface area contributed by atoms with E-state index in [0.29, 0.717) is 26.1 Å². The lowest BCUT2D eigenvalue weighted by Gasteiger charge is -2.28. The molecule has 0 radical (unpaired) electrons. The van der Waals surface area contributed by atoms with Gasteiger partial charge in [0.1, 0.15) is 12.3 Å². The van der Waals surface area contributed by atoms with E-state index in [9.17, 15) is 9.59 Å². The zero-order chi connectivity index (χ0) is 21.6. The van der Waals surface area contributed by atoms with E-state index in [1.165, 1.54) is 25.7 Å². The summed E-state index contributed by atoms with van der Waals surface area (Å²) in [5.74, 6) is 0.670. The van der Waals surface area contributed by atoms with Gasteiger partial charge in [0, 0.05) is 26.1 Å². The van der Waals surface area contributed by atoms with Crippen molar-refractivity contribution in [2.45, 2.75) is 77.4 Å². The maximum absolute atomic E-state index is 13.1.